The zero-order valence-electron chi connectivity index (χ0n) is 12.0. The Kier molecular flexibility index (Phi) is 5.67. The van der Waals surface area contributed by atoms with Crippen molar-refractivity contribution < 1.29 is 9.47 Å². The lowest BCUT2D eigenvalue weighted by Crippen LogP contribution is -2.33. The fraction of sp³-hybridized carbons (Fsp3) is 0.625. The van der Waals surface area contributed by atoms with Crippen molar-refractivity contribution in [1.29, 1.82) is 0 Å². The Bertz CT molecular complexity index is 375. The molecule has 1 aliphatic rings. The molecule has 1 heterocycles. The Morgan fingerprint density at radius 1 is 1.37 bits per heavy atom. The van der Waals surface area contributed by atoms with E-state index in [0.29, 0.717) is 18.6 Å². The second kappa shape index (κ2) is 7.51. The fourth-order valence-electron chi connectivity index (χ4n) is 2.80. The van der Waals surface area contributed by atoms with Gasteiger partial charge in [0.1, 0.15) is 5.75 Å². The minimum atomic E-state index is 0.327. The van der Waals surface area contributed by atoms with E-state index in [9.17, 15) is 0 Å². The first-order valence-corrected chi connectivity index (χ1v) is 7.39. The monoisotopic (exact) mass is 263 g/mol. The highest BCUT2D eigenvalue weighted by molar-refractivity contribution is 5.36. The van der Waals surface area contributed by atoms with Crippen LogP contribution in [-0.2, 0) is 4.74 Å². The number of nitrogens with one attached hydrogen (secondary N) is 1. The Labute approximate surface area is 116 Å². The average molecular weight is 263 g/mol. The normalized spacial score (nSPS) is 21.1. The summed E-state index contributed by atoms with van der Waals surface area (Å²) in [4.78, 5) is 0. The first-order valence-electron chi connectivity index (χ1n) is 7.39. The van der Waals surface area contributed by atoms with E-state index in [-0.39, 0.29) is 0 Å². The molecule has 0 saturated carbocycles. The molecular weight excluding hydrogens is 238 g/mol. The molecule has 1 N–H and O–H groups in total. The number of rotatable bonds is 6. The van der Waals surface area contributed by atoms with Gasteiger partial charge in [0.05, 0.1) is 13.2 Å². The van der Waals surface area contributed by atoms with Crippen molar-refractivity contribution in [3.8, 4) is 5.75 Å². The molecule has 2 unspecified atom stereocenters. The molecule has 0 aromatic heterocycles. The summed E-state index contributed by atoms with van der Waals surface area (Å²) in [6.07, 6.45) is 2.38. The summed E-state index contributed by atoms with van der Waals surface area (Å²) in [7, 11) is 0. The van der Waals surface area contributed by atoms with Crippen molar-refractivity contribution in [2.75, 3.05) is 26.4 Å². The van der Waals surface area contributed by atoms with Gasteiger partial charge in [0.25, 0.3) is 0 Å². The molecule has 1 aromatic carbocycles. The number of benzene rings is 1. The summed E-state index contributed by atoms with van der Waals surface area (Å²) in [5.41, 5.74) is 1.27. The van der Waals surface area contributed by atoms with E-state index in [0.717, 1.165) is 31.9 Å². The summed E-state index contributed by atoms with van der Waals surface area (Å²) in [5.74, 6) is 1.54. The molecular formula is C16H25NO2. The Hall–Kier alpha value is -1.06. The quantitative estimate of drug-likeness (QED) is 0.855. The molecule has 2 atom stereocenters. The number of ether oxygens (including phenoxy) is 2. The van der Waals surface area contributed by atoms with Crippen LogP contribution in [0.25, 0.3) is 0 Å². The maximum absolute atomic E-state index is 5.77. The Morgan fingerprint density at radius 2 is 2.21 bits per heavy atom. The maximum atomic E-state index is 5.77. The van der Waals surface area contributed by atoms with Crippen molar-refractivity contribution in [3.63, 3.8) is 0 Å². The second-order valence-corrected chi connectivity index (χ2v) is 4.98. The highest BCUT2D eigenvalue weighted by Gasteiger charge is 2.27. The van der Waals surface area contributed by atoms with E-state index in [1.165, 1.54) is 12.0 Å². The lowest BCUT2D eigenvalue weighted by atomic mass is 9.88. The van der Waals surface area contributed by atoms with Gasteiger partial charge < -0.3 is 14.8 Å². The lowest BCUT2D eigenvalue weighted by Gasteiger charge is -2.32. The largest absolute Gasteiger partial charge is 0.494 e. The van der Waals surface area contributed by atoms with Crippen LogP contribution >= 0.6 is 0 Å². The third-order valence-electron chi connectivity index (χ3n) is 3.64. The number of hydrogen-bond donors (Lipinski definition) is 1. The SMILES string of the molecule is CCNC(c1ccccc1OCC)C1CCCOC1. The first kappa shape index (κ1) is 14.4. The second-order valence-electron chi connectivity index (χ2n) is 4.98. The van der Waals surface area contributed by atoms with Crippen molar-refractivity contribution in [2.24, 2.45) is 5.92 Å². The summed E-state index contributed by atoms with van der Waals surface area (Å²) in [5, 5.41) is 3.61. The molecule has 1 fully saturated rings. The van der Waals surface area contributed by atoms with Crippen LogP contribution < -0.4 is 10.1 Å². The van der Waals surface area contributed by atoms with E-state index in [2.05, 4.69) is 30.4 Å². The van der Waals surface area contributed by atoms with Gasteiger partial charge in [0, 0.05) is 24.1 Å². The van der Waals surface area contributed by atoms with Crippen LogP contribution in [0.3, 0.4) is 0 Å². The third kappa shape index (κ3) is 3.71. The molecule has 0 bridgehead atoms. The van der Waals surface area contributed by atoms with Crippen LogP contribution in [0.4, 0.5) is 0 Å². The van der Waals surface area contributed by atoms with Crippen LogP contribution in [0.1, 0.15) is 38.3 Å². The minimum Gasteiger partial charge on any atom is -0.494 e. The molecule has 1 saturated heterocycles. The van der Waals surface area contributed by atoms with Gasteiger partial charge in [-0.2, -0.15) is 0 Å². The molecule has 0 aliphatic carbocycles. The van der Waals surface area contributed by atoms with E-state index in [1.54, 1.807) is 0 Å². The molecule has 1 aliphatic heterocycles. The zero-order valence-corrected chi connectivity index (χ0v) is 12.0. The summed E-state index contributed by atoms with van der Waals surface area (Å²) >= 11 is 0. The lowest BCUT2D eigenvalue weighted by molar-refractivity contribution is 0.0388. The van der Waals surface area contributed by atoms with Crippen LogP contribution in [0.15, 0.2) is 24.3 Å². The van der Waals surface area contributed by atoms with Gasteiger partial charge in [-0.1, -0.05) is 25.1 Å². The molecule has 3 nitrogen and oxygen atoms in total. The molecule has 19 heavy (non-hydrogen) atoms. The van der Waals surface area contributed by atoms with Gasteiger partial charge in [0.15, 0.2) is 0 Å². The zero-order chi connectivity index (χ0) is 13.5. The van der Waals surface area contributed by atoms with E-state index < -0.39 is 0 Å². The van der Waals surface area contributed by atoms with Crippen LogP contribution in [0.2, 0.25) is 0 Å². The van der Waals surface area contributed by atoms with Gasteiger partial charge in [-0.3, -0.25) is 0 Å². The summed E-state index contributed by atoms with van der Waals surface area (Å²) in [6.45, 7) is 7.60. The van der Waals surface area contributed by atoms with E-state index >= 15 is 0 Å². The van der Waals surface area contributed by atoms with Gasteiger partial charge in [-0.05, 0) is 32.4 Å². The highest BCUT2D eigenvalue weighted by atomic mass is 16.5. The van der Waals surface area contributed by atoms with E-state index in [1.807, 2.05) is 13.0 Å². The predicted octanol–water partition coefficient (Wildman–Crippen LogP) is 3.16. The van der Waals surface area contributed by atoms with E-state index in [4.69, 9.17) is 9.47 Å². The van der Waals surface area contributed by atoms with Crippen molar-refractivity contribution in [3.05, 3.63) is 29.8 Å². The smallest absolute Gasteiger partial charge is 0.124 e. The molecule has 2 rings (SSSR count). The summed E-state index contributed by atoms with van der Waals surface area (Å²) < 4.78 is 11.4. The maximum Gasteiger partial charge on any atom is 0.124 e. The number of para-hydroxylation sites is 1. The molecule has 0 radical (unpaired) electrons. The van der Waals surface area contributed by atoms with Crippen molar-refractivity contribution >= 4 is 0 Å². The molecule has 0 spiro atoms. The number of hydrogen-bond acceptors (Lipinski definition) is 3. The van der Waals surface area contributed by atoms with Gasteiger partial charge in [-0.25, -0.2) is 0 Å². The molecule has 106 valence electrons. The van der Waals surface area contributed by atoms with Crippen LogP contribution in [0, 0.1) is 5.92 Å². The van der Waals surface area contributed by atoms with Gasteiger partial charge in [0.2, 0.25) is 0 Å². The predicted molar refractivity (Wildman–Crippen MR) is 77.6 cm³/mol. The first-order chi connectivity index (χ1) is 9.36. The van der Waals surface area contributed by atoms with Gasteiger partial charge in [-0.15, -0.1) is 0 Å². The van der Waals surface area contributed by atoms with Crippen LogP contribution in [0.5, 0.6) is 5.75 Å². The fourth-order valence-corrected chi connectivity index (χ4v) is 2.80. The van der Waals surface area contributed by atoms with Crippen molar-refractivity contribution in [1.82, 2.24) is 5.32 Å². The Morgan fingerprint density at radius 3 is 2.89 bits per heavy atom. The van der Waals surface area contributed by atoms with Crippen molar-refractivity contribution in [2.45, 2.75) is 32.7 Å². The summed E-state index contributed by atoms with van der Waals surface area (Å²) in [6, 6.07) is 8.69. The highest BCUT2D eigenvalue weighted by Crippen LogP contribution is 2.34. The minimum absolute atomic E-state index is 0.327. The molecule has 3 heteroatoms. The average Bonchev–Trinajstić information content (AvgIpc) is 2.47. The molecule has 1 aromatic rings. The topological polar surface area (TPSA) is 30.5 Å². The molecule has 0 amide bonds. The van der Waals surface area contributed by atoms with Gasteiger partial charge >= 0.3 is 0 Å². The Balaban J connectivity index is 2.21. The van der Waals surface area contributed by atoms with Crippen LogP contribution in [-0.4, -0.2) is 26.4 Å². The standard InChI is InChI=1S/C16H25NO2/c1-3-17-16(13-8-7-11-18-12-13)14-9-5-6-10-15(14)19-4-2/h5-6,9-10,13,16-17H,3-4,7-8,11-12H2,1-2H3. The third-order valence-corrected chi connectivity index (χ3v) is 3.64.